The molecule has 4 heterocycles. The average molecular weight is 455 g/mol. The van der Waals surface area contributed by atoms with Gasteiger partial charge in [0.15, 0.2) is 0 Å². The lowest BCUT2D eigenvalue weighted by Crippen LogP contribution is -2.45. The van der Waals surface area contributed by atoms with Gasteiger partial charge in [-0.25, -0.2) is 9.97 Å². The van der Waals surface area contributed by atoms with E-state index < -0.39 is 0 Å². The van der Waals surface area contributed by atoms with E-state index >= 15 is 0 Å². The number of benzene rings is 1. The van der Waals surface area contributed by atoms with Crippen LogP contribution >= 0.6 is 0 Å². The first-order valence-corrected chi connectivity index (χ1v) is 13.4. The van der Waals surface area contributed by atoms with Crippen LogP contribution in [0.4, 0.5) is 0 Å². The number of aromatic nitrogens is 4. The van der Waals surface area contributed by atoms with Gasteiger partial charge in [0.2, 0.25) is 0 Å². The standard InChI is InChI=1S/C28H34N6/c1-3-20(29-13-1)24-31-15-22(33-24)18-5-7-19(8-6-18)27-10-9-26(11-12-28(26,27)17-27)23-16-32-25(34-23)21-4-2-14-30-21/h5-8,15-16,20-21,29-30H,1-4,9-14,17H2,(H,31,33)(H,32,34)/t20-,21-,26?,27?,28?/m0/s1. The molecule has 0 amide bonds. The van der Waals surface area contributed by atoms with Crippen molar-refractivity contribution in [2.45, 2.75) is 80.7 Å². The van der Waals surface area contributed by atoms with Gasteiger partial charge in [-0.3, -0.25) is 0 Å². The second-order valence-corrected chi connectivity index (χ2v) is 11.7. The van der Waals surface area contributed by atoms with E-state index in [4.69, 9.17) is 4.98 Å². The summed E-state index contributed by atoms with van der Waals surface area (Å²) in [6.45, 7) is 2.21. The molecule has 4 N–H and O–H groups in total. The van der Waals surface area contributed by atoms with Crippen molar-refractivity contribution in [1.29, 1.82) is 0 Å². The topological polar surface area (TPSA) is 81.4 Å². The molecule has 2 aliphatic heterocycles. The van der Waals surface area contributed by atoms with Crippen LogP contribution in [0.5, 0.6) is 0 Å². The molecule has 2 saturated heterocycles. The molecule has 5 fully saturated rings. The smallest absolute Gasteiger partial charge is 0.123 e. The van der Waals surface area contributed by atoms with Crippen LogP contribution in [0.1, 0.15) is 92.8 Å². The highest BCUT2D eigenvalue weighted by Crippen LogP contribution is 2.88. The van der Waals surface area contributed by atoms with Gasteiger partial charge in [-0.05, 0) is 87.4 Å². The van der Waals surface area contributed by atoms with Crippen molar-refractivity contribution in [3.05, 3.63) is 59.6 Å². The first-order chi connectivity index (χ1) is 16.7. The molecular weight excluding hydrogens is 420 g/mol. The maximum atomic E-state index is 4.85. The van der Waals surface area contributed by atoms with Crippen LogP contribution in [0, 0.1) is 5.41 Å². The molecule has 6 heteroatoms. The van der Waals surface area contributed by atoms with Crippen molar-refractivity contribution in [1.82, 2.24) is 30.6 Å². The van der Waals surface area contributed by atoms with Gasteiger partial charge in [0.05, 0.1) is 24.0 Å². The minimum atomic E-state index is 0.322. The summed E-state index contributed by atoms with van der Waals surface area (Å²) in [5.41, 5.74) is 6.48. The van der Waals surface area contributed by atoms with E-state index in [-0.39, 0.29) is 0 Å². The minimum absolute atomic E-state index is 0.322. The number of nitrogens with zero attached hydrogens (tertiary/aromatic N) is 2. The molecule has 34 heavy (non-hydrogen) atoms. The normalized spacial score (nSPS) is 38.0. The summed E-state index contributed by atoms with van der Waals surface area (Å²) >= 11 is 0. The van der Waals surface area contributed by atoms with Gasteiger partial charge in [-0.1, -0.05) is 24.3 Å². The molecule has 3 aliphatic carbocycles. The molecule has 3 aromatic rings. The van der Waals surface area contributed by atoms with Crippen LogP contribution in [0.2, 0.25) is 0 Å². The summed E-state index contributed by atoms with van der Waals surface area (Å²) in [5.74, 6) is 2.25. The lowest BCUT2D eigenvalue weighted by molar-refractivity contribution is 0.100. The van der Waals surface area contributed by atoms with Crippen LogP contribution in [0.15, 0.2) is 36.7 Å². The van der Waals surface area contributed by atoms with Crippen LogP contribution in [0.3, 0.4) is 0 Å². The fraction of sp³-hybridized carbons (Fsp3) is 0.571. The van der Waals surface area contributed by atoms with E-state index in [1.807, 2.05) is 6.20 Å². The van der Waals surface area contributed by atoms with Crippen LogP contribution < -0.4 is 10.6 Å². The number of hydrogen-bond donors (Lipinski definition) is 4. The minimum Gasteiger partial charge on any atom is -0.344 e. The number of rotatable bonds is 5. The lowest BCUT2D eigenvalue weighted by atomic mass is 9.55. The van der Waals surface area contributed by atoms with Crippen LogP contribution in [-0.2, 0) is 10.8 Å². The maximum absolute atomic E-state index is 4.85. The lowest BCUT2D eigenvalue weighted by Gasteiger charge is -2.48. The van der Waals surface area contributed by atoms with Crippen molar-refractivity contribution in [3.63, 3.8) is 0 Å². The zero-order valence-corrected chi connectivity index (χ0v) is 19.8. The Morgan fingerprint density at radius 2 is 1.41 bits per heavy atom. The Morgan fingerprint density at radius 1 is 0.735 bits per heavy atom. The summed E-state index contributed by atoms with van der Waals surface area (Å²) in [6.07, 6.45) is 15.7. The van der Waals surface area contributed by atoms with E-state index in [1.165, 1.54) is 69.0 Å². The predicted molar refractivity (Wildman–Crippen MR) is 131 cm³/mol. The summed E-state index contributed by atoms with van der Waals surface area (Å²) in [7, 11) is 0. The maximum Gasteiger partial charge on any atom is 0.123 e. The number of H-pyrrole nitrogens is 2. The molecule has 176 valence electrons. The quantitative estimate of drug-likeness (QED) is 0.446. The monoisotopic (exact) mass is 454 g/mol. The van der Waals surface area contributed by atoms with Crippen molar-refractivity contribution in [2.75, 3.05) is 13.1 Å². The average Bonchev–Trinajstić information content (AvgIpc) is 3.55. The Labute approximate surface area is 200 Å². The Kier molecular flexibility index (Phi) is 3.98. The predicted octanol–water partition coefficient (Wildman–Crippen LogP) is 4.80. The van der Waals surface area contributed by atoms with Gasteiger partial charge < -0.3 is 20.6 Å². The number of aromatic amines is 2. The van der Waals surface area contributed by atoms with Crippen LogP contribution in [0.25, 0.3) is 11.3 Å². The number of hydrogen-bond acceptors (Lipinski definition) is 4. The Hall–Kier alpha value is -2.44. The SMILES string of the molecule is c1cc(C23CCC4(c5cnc([C@@H]6CCCN6)[nH]5)CCC24C3)ccc1-c1cnc([C@@H]2CCCN2)[nH]1. The number of imidazole rings is 2. The third-order valence-electron chi connectivity index (χ3n) is 10.5. The molecule has 6 nitrogen and oxygen atoms in total. The van der Waals surface area contributed by atoms with Crippen molar-refractivity contribution < 1.29 is 0 Å². The van der Waals surface area contributed by atoms with E-state index in [0.717, 1.165) is 30.4 Å². The molecule has 1 spiro atoms. The van der Waals surface area contributed by atoms with E-state index in [9.17, 15) is 0 Å². The van der Waals surface area contributed by atoms with E-state index in [0.29, 0.717) is 28.3 Å². The Morgan fingerprint density at radius 3 is 2.09 bits per heavy atom. The third-order valence-corrected chi connectivity index (χ3v) is 10.5. The zero-order chi connectivity index (χ0) is 22.4. The van der Waals surface area contributed by atoms with Crippen molar-refractivity contribution in [2.24, 2.45) is 5.41 Å². The molecule has 0 radical (unpaired) electrons. The molecule has 8 rings (SSSR count). The van der Waals surface area contributed by atoms with Gasteiger partial charge in [-0.15, -0.1) is 0 Å². The second kappa shape index (κ2) is 6.82. The van der Waals surface area contributed by atoms with Crippen LogP contribution in [-0.4, -0.2) is 33.0 Å². The van der Waals surface area contributed by atoms with Crippen molar-refractivity contribution in [3.8, 4) is 11.3 Å². The van der Waals surface area contributed by atoms with Gasteiger partial charge in [-0.2, -0.15) is 0 Å². The highest BCUT2D eigenvalue weighted by molar-refractivity contribution is 5.61. The highest BCUT2D eigenvalue weighted by atomic mass is 15.1. The van der Waals surface area contributed by atoms with E-state index in [1.54, 1.807) is 5.56 Å². The van der Waals surface area contributed by atoms with Gasteiger partial charge in [0.25, 0.3) is 0 Å². The molecule has 0 bridgehead atoms. The largest absolute Gasteiger partial charge is 0.344 e. The Balaban J connectivity index is 1.05. The molecule has 5 atom stereocenters. The zero-order valence-electron chi connectivity index (χ0n) is 19.8. The van der Waals surface area contributed by atoms with Crippen molar-refractivity contribution >= 4 is 0 Å². The second-order valence-electron chi connectivity index (χ2n) is 11.7. The molecule has 3 saturated carbocycles. The van der Waals surface area contributed by atoms with Gasteiger partial charge in [0.1, 0.15) is 11.6 Å². The van der Waals surface area contributed by atoms with E-state index in [2.05, 4.69) is 56.0 Å². The van der Waals surface area contributed by atoms with Gasteiger partial charge in [0, 0.05) is 22.7 Å². The summed E-state index contributed by atoms with van der Waals surface area (Å²) in [4.78, 5) is 16.9. The fourth-order valence-electron chi connectivity index (χ4n) is 8.54. The summed E-state index contributed by atoms with van der Waals surface area (Å²) < 4.78 is 0. The molecular formula is C28H34N6. The molecule has 1 aromatic carbocycles. The molecule has 3 unspecified atom stereocenters. The third kappa shape index (κ3) is 2.43. The number of nitrogens with one attached hydrogen (secondary N) is 4. The molecule has 5 aliphatic rings. The molecule has 2 aromatic heterocycles. The highest BCUT2D eigenvalue weighted by Gasteiger charge is 2.84. The first kappa shape index (κ1) is 19.8. The van der Waals surface area contributed by atoms with Gasteiger partial charge >= 0.3 is 0 Å². The Bertz CT molecular complexity index is 1230. The fourth-order valence-corrected chi connectivity index (χ4v) is 8.54. The summed E-state index contributed by atoms with van der Waals surface area (Å²) in [5, 5.41) is 7.14. The summed E-state index contributed by atoms with van der Waals surface area (Å²) in [6, 6.07) is 10.3. The first-order valence-electron chi connectivity index (χ1n) is 13.4.